The van der Waals surface area contributed by atoms with Gasteiger partial charge in [-0.15, -0.1) is 0 Å². The summed E-state index contributed by atoms with van der Waals surface area (Å²) in [5.41, 5.74) is 3.90. The van der Waals surface area contributed by atoms with Crippen LogP contribution in [0.25, 0.3) is 0 Å². The Bertz CT molecular complexity index is 524. The topological polar surface area (TPSA) is 18.5 Å². The van der Waals surface area contributed by atoms with Gasteiger partial charge in [-0.1, -0.05) is 29.8 Å². The Morgan fingerprint density at radius 1 is 0.789 bits per heavy atom. The van der Waals surface area contributed by atoms with Gasteiger partial charge >= 0.3 is 0 Å². The Hall–Kier alpha value is -1.96. The van der Waals surface area contributed by atoms with Crippen LogP contribution < -0.4 is 9.47 Å². The quantitative estimate of drug-likeness (QED) is 0.810. The molecular formula is C17H20O2. The molecule has 19 heavy (non-hydrogen) atoms. The fourth-order valence-electron chi connectivity index (χ4n) is 2.17. The highest BCUT2D eigenvalue weighted by atomic mass is 16.5. The third-order valence-electron chi connectivity index (χ3n) is 3.20. The van der Waals surface area contributed by atoms with Crippen molar-refractivity contribution in [1.29, 1.82) is 0 Å². The van der Waals surface area contributed by atoms with Gasteiger partial charge in [-0.2, -0.15) is 0 Å². The highest BCUT2D eigenvalue weighted by Gasteiger charge is 2.02. The lowest BCUT2D eigenvalue weighted by Crippen LogP contribution is -1.95. The summed E-state index contributed by atoms with van der Waals surface area (Å²) in [6.07, 6.45) is 2.01. The number of rotatable bonds is 5. The maximum atomic E-state index is 5.29. The number of ether oxygens (including phenoxy) is 2. The minimum atomic E-state index is 0.846. The molecule has 0 fully saturated rings. The molecule has 0 aliphatic rings. The Morgan fingerprint density at radius 2 is 1.42 bits per heavy atom. The van der Waals surface area contributed by atoms with E-state index >= 15 is 0 Å². The van der Waals surface area contributed by atoms with E-state index in [2.05, 4.69) is 43.3 Å². The van der Waals surface area contributed by atoms with Crippen molar-refractivity contribution >= 4 is 0 Å². The summed E-state index contributed by atoms with van der Waals surface area (Å²) < 4.78 is 10.6. The molecule has 0 aromatic heterocycles. The molecule has 2 heteroatoms. The van der Waals surface area contributed by atoms with Crippen LogP contribution in [0.2, 0.25) is 0 Å². The van der Waals surface area contributed by atoms with Crippen LogP contribution in [0.5, 0.6) is 11.5 Å². The summed E-state index contributed by atoms with van der Waals surface area (Å²) >= 11 is 0. The molecule has 0 N–H and O–H groups in total. The molecular weight excluding hydrogens is 236 g/mol. The normalized spacial score (nSPS) is 10.3. The Labute approximate surface area is 115 Å². The number of hydrogen-bond donors (Lipinski definition) is 0. The zero-order valence-electron chi connectivity index (χ0n) is 11.8. The summed E-state index contributed by atoms with van der Waals surface area (Å²) in [5.74, 6) is 1.69. The standard InChI is InChI=1S/C17H20O2/c1-13-5-4-6-14(9-13)7-8-15-10-16(18-2)12-17(11-15)19-3/h4-6,9-12H,7-8H2,1-3H3. The van der Waals surface area contributed by atoms with Crippen molar-refractivity contribution in [3.05, 3.63) is 59.2 Å². The first-order chi connectivity index (χ1) is 9.21. The molecule has 0 aliphatic carbocycles. The molecule has 0 saturated heterocycles. The molecule has 100 valence electrons. The van der Waals surface area contributed by atoms with Crippen LogP contribution in [-0.2, 0) is 12.8 Å². The van der Waals surface area contributed by atoms with Gasteiger partial charge in [-0.25, -0.2) is 0 Å². The van der Waals surface area contributed by atoms with Gasteiger partial charge in [-0.3, -0.25) is 0 Å². The van der Waals surface area contributed by atoms with Crippen LogP contribution in [0.15, 0.2) is 42.5 Å². The number of methoxy groups -OCH3 is 2. The van der Waals surface area contributed by atoms with Crippen molar-refractivity contribution in [3.63, 3.8) is 0 Å². The van der Waals surface area contributed by atoms with Gasteiger partial charge in [0.05, 0.1) is 14.2 Å². The third-order valence-corrected chi connectivity index (χ3v) is 3.20. The maximum absolute atomic E-state index is 5.29. The van der Waals surface area contributed by atoms with Gasteiger partial charge in [0.25, 0.3) is 0 Å². The van der Waals surface area contributed by atoms with Crippen LogP contribution in [0.1, 0.15) is 16.7 Å². The molecule has 0 unspecified atom stereocenters. The Balaban J connectivity index is 2.10. The van der Waals surface area contributed by atoms with Crippen LogP contribution in [-0.4, -0.2) is 14.2 Å². The van der Waals surface area contributed by atoms with E-state index in [0.29, 0.717) is 0 Å². The van der Waals surface area contributed by atoms with Crippen molar-refractivity contribution in [2.75, 3.05) is 14.2 Å². The van der Waals surface area contributed by atoms with Gasteiger partial charge in [0, 0.05) is 6.07 Å². The smallest absolute Gasteiger partial charge is 0.122 e. The second-order valence-electron chi connectivity index (χ2n) is 4.71. The SMILES string of the molecule is COc1cc(CCc2cccc(C)c2)cc(OC)c1. The van der Waals surface area contributed by atoms with Gasteiger partial charge in [0.15, 0.2) is 0 Å². The minimum Gasteiger partial charge on any atom is -0.497 e. The van der Waals surface area contributed by atoms with Crippen molar-refractivity contribution < 1.29 is 9.47 Å². The number of benzene rings is 2. The molecule has 2 aromatic carbocycles. The van der Waals surface area contributed by atoms with Crippen LogP contribution >= 0.6 is 0 Å². The van der Waals surface area contributed by atoms with E-state index in [1.54, 1.807) is 14.2 Å². The lowest BCUT2D eigenvalue weighted by molar-refractivity contribution is 0.393. The molecule has 0 saturated carbocycles. The van der Waals surface area contributed by atoms with E-state index in [-0.39, 0.29) is 0 Å². The molecule has 0 bridgehead atoms. The Morgan fingerprint density at radius 3 is 2.00 bits per heavy atom. The second kappa shape index (κ2) is 6.28. The maximum Gasteiger partial charge on any atom is 0.122 e. The third kappa shape index (κ3) is 3.75. The van der Waals surface area contributed by atoms with Gasteiger partial charge in [0.2, 0.25) is 0 Å². The monoisotopic (exact) mass is 256 g/mol. The molecule has 2 nitrogen and oxygen atoms in total. The zero-order chi connectivity index (χ0) is 13.7. The minimum absolute atomic E-state index is 0.846. The first kappa shape index (κ1) is 13.5. The largest absolute Gasteiger partial charge is 0.497 e. The Kier molecular flexibility index (Phi) is 4.45. The predicted molar refractivity (Wildman–Crippen MR) is 78.1 cm³/mol. The molecule has 0 amide bonds. The first-order valence-electron chi connectivity index (χ1n) is 6.49. The summed E-state index contributed by atoms with van der Waals surface area (Å²) in [5, 5.41) is 0. The molecule has 2 rings (SSSR count). The van der Waals surface area contributed by atoms with E-state index < -0.39 is 0 Å². The molecule has 2 aromatic rings. The summed E-state index contributed by atoms with van der Waals surface area (Å²) in [6.45, 7) is 2.12. The molecule has 0 radical (unpaired) electrons. The predicted octanol–water partition coefficient (Wildman–Crippen LogP) is 3.80. The van der Waals surface area contributed by atoms with Crippen molar-refractivity contribution in [1.82, 2.24) is 0 Å². The van der Waals surface area contributed by atoms with E-state index in [9.17, 15) is 0 Å². The summed E-state index contributed by atoms with van der Waals surface area (Å²) in [7, 11) is 3.36. The highest BCUT2D eigenvalue weighted by Crippen LogP contribution is 2.23. The molecule has 0 atom stereocenters. The second-order valence-corrected chi connectivity index (χ2v) is 4.71. The summed E-state index contributed by atoms with van der Waals surface area (Å²) in [4.78, 5) is 0. The lowest BCUT2D eigenvalue weighted by Gasteiger charge is -2.09. The average molecular weight is 256 g/mol. The van der Waals surface area contributed by atoms with Gasteiger partial charge in [-0.05, 0) is 43.0 Å². The molecule has 0 heterocycles. The van der Waals surface area contributed by atoms with E-state index in [1.807, 2.05) is 6.07 Å². The zero-order valence-corrected chi connectivity index (χ0v) is 11.8. The number of aryl methyl sites for hydroxylation is 3. The van der Waals surface area contributed by atoms with E-state index in [4.69, 9.17) is 9.47 Å². The van der Waals surface area contributed by atoms with Crippen molar-refractivity contribution in [2.24, 2.45) is 0 Å². The van der Waals surface area contributed by atoms with Crippen molar-refractivity contribution in [3.8, 4) is 11.5 Å². The van der Waals surface area contributed by atoms with Crippen molar-refractivity contribution in [2.45, 2.75) is 19.8 Å². The van der Waals surface area contributed by atoms with Crippen LogP contribution in [0, 0.1) is 6.92 Å². The van der Waals surface area contributed by atoms with E-state index in [0.717, 1.165) is 24.3 Å². The first-order valence-corrected chi connectivity index (χ1v) is 6.49. The average Bonchev–Trinajstić information content (AvgIpc) is 2.44. The van der Waals surface area contributed by atoms with Gasteiger partial charge < -0.3 is 9.47 Å². The van der Waals surface area contributed by atoms with E-state index in [1.165, 1.54) is 16.7 Å². The fraction of sp³-hybridized carbons (Fsp3) is 0.294. The number of hydrogen-bond acceptors (Lipinski definition) is 2. The van der Waals surface area contributed by atoms with Crippen LogP contribution in [0.3, 0.4) is 0 Å². The summed E-state index contributed by atoms with van der Waals surface area (Å²) in [6, 6.07) is 14.7. The fourth-order valence-corrected chi connectivity index (χ4v) is 2.17. The van der Waals surface area contributed by atoms with Gasteiger partial charge in [0.1, 0.15) is 11.5 Å². The molecule has 0 aliphatic heterocycles. The highest BCUT2D eigenvalue weighted by molar-refractivity contribution is 5.39. The lowest BCUT2D eigenvalue weighted by atomic mass is 10.0. The van der Waals surface area contributed by atoms with Crippen LogP contribution in [0.4, 0.5) is 0 Å². The molecule has 0 spiro atoms.